The van der Waals surface area contributed by atoms with Crippen LogP contribution in [0.4, 0.5) is 0 Å². The Bertz CT molecular complexity index is 1400. The van der Waals surface area contributed by atoms with E-state index < -0.39 is 9.84 Å². The molecular weight excluding hydrogens is 444 g/mol. The predicted molar refractivity (Wildman–Crippen MR) is 137 cm³/mol. The lowest BCUT2D eigenvalue weighted by molar-refractivity contribution is -0.121. The highest BCUT2D eigenvalue weighted by Gasteiger charge is 2.20. The van der Waals surface area contributed by atoms with E-state index >= 15 is 0 Å². The number of aromatic nitrogens is 1. The second-order valence-electron chi connectivity index (χ2n) is 8.56. The molecule has 5 nitrogen and oxygen atoms in total. The van der Waals surface area contributed by atoms with E-state index in [9.17, 15) is 13.2 Å². The summed E-state index contributed by atoms with van der Waals surface area (Å²) in [6.45, 7) is 1.96. The predicted octanol–water partition coefficient (Wildman–Crippen LogP) is 4.91. The van der Waals surface area contributed by atoms with Gasteiger partial charge >= 0.3 is 0 Å². The molecule has 0 saturated heterocycles. The zero-order valence-electron chi connectivity index (χ0n) is 19.4. The van der Waals surface area contributed by atoms with Crippen LogP contribution in [0.1, 0.15) is 29.7 Å². The van der Waals surface area contributed by atoms with Crippen molar-refractivity contribution in [3.8, 4) is 11.3 Å². The normalized spacial score (nSPS) is 12.4. The van der Waals surface area contributed by atoms with Crippen LogP contribution in [0.25, 0.3) is 22.2 Å². The van der Waals surface area contributed by atoms with E-state index in [1.54, 1.807) is 0 Å². The van der Waals surface area contributed by atoms with Gasteiger partial charge in [0.1, 0.15) is 9.84 Å². The van der Waals surface area contributed by atoms with E-state index in [1.807, 2.05) is 91.9 Å². The molecule has 0 spiro atoms. The maximum Gasteiger partial charge on any atom is 0.224 e. The molecule has 0 fully saturated rings. The summed E-state index contributed by atoms with van der Waals surface area (Å²) in [4.78, 5) is 18.1. The minimum atomic E-state index is -3.20. The molecule has 1 N–H and O–H groups in total. The van der Waals surface area contributed by atoms with E-state index in [0.717, 1.165) is 38.9 Å². The zero-order chi connectivity index (χ0) is 24.1. The molecule has 0 aliphatic carbocycles. The highest BCUT2D eigenvalue weighted by atomic mass is 32.2. The van der Waals surface area contributed by atoms with Crippen molar-refractivity contribution in [1.29, 1.82) is 0 Å². The van der Waals surface area contributed by atoms with Crippen LogP contribution in [0.15, 0.2) is 84.9 Å². The van der Waals surface area contributed by atoms with Crippen LogP contribution in [0.2, 0.25) is 0 Å². The summed E-state index contributed by atoms with van der Waals surface area (Å²) >= 11 is 0. The van der Waals surface area contributed by atoms with Crippen molar-refractivity contribution in [3.63, 3.8) is 0 Å². The molecule has 6 heteroatoms. The van der Waals surface area contributed by atoms with Crippen LogP contribution in [-0.4, -0.2) is 31.3 Å². The summed E-state index contributed by atoms with van der Waals surface area (Å²) in [6, 6.07) is 27.1. The summed E-state index contributed by atoms with van der Waals surface area (Å²) in [7, 11) is -3.20. The second-order valence-corrected chi connectivity index (χ2v) is 10.8. The molecule has 0 radical (unpaired) electrons. The molecule has 0 aliphatic rings. The first-order valence-electron chi connectivity index (χ1n) is 11.3. The van der Waals surface area contributed by atoms with Gasteiger partial charge in [-0.15, -0.1) is 0 Å². The van der Waals surface area contributed by atoms with Crippen LogP contribution in [-0.2, 0) is 27.5 Å². The van der Waals surface area contributed by atoms with Gasteiger partial charge < -0.3 is 5.32 Å². The largest absolute Gasteiger partial charge is 0.349 e. The van der Waals surface area contributed by atoms with Crippen molar-refractivity contribution in [1.82, 2.24) is 10.3 Å². The van der Waals surface area contributed by atoms with Gasteiger partial charge in [0.15, 0.2) is 0 Å². The van der Waals surface area contributed by atoms with Gasteiger partial charge in [-0.05, 0) is 36.1 Å². The van der Waals surface area contributed by atoms with Crippen molar-refractivity contribution in [2.24, 2.45) is 0 Å². The number of carbonyl (C=O) groups excluding carboxylic acids is 1. The Morgan fingerprint density at radius 3 is 2.18 bits per heavy atom. The van der Waals surface area contributed by atoms with Crippen LogP contribution >= 0.6 is 0 Å². The monoisotopic (exact) mass is 472 g/mol. The van der Waals surface area contributed by atoms with Crippen LogP contribution < -0.4 is 5.32 Å². The van der Waals surface area contributed by atoms with Crippen molar-refractivity contribution >= 4 is 26.6 Å². The van der Waals surface area contributed by atoms with E-state index in [4.69, 9.17) is 4.98 Å². The third-order valence-corrected chi connectivity index (χ3v) is 6.84. The quantitative estimate of drug-likeness (QED) is 0.395. The fourth-order valence-corrected chi connectivity index (χ4v) is 4.77. The first kappa shape index (κ1) is 23.6. The maximum absolute atomic E-state index is 13.2. The molecule has 3 aromatic carbocycles. The topological polar surface area (TPSA) is 76.1 Å². The Balaban J connectivity index is 1.79. The van der Waals surface area contributed by atoms with E-state index in [2.05, 4.69) is 5.32 Å². The zero-order valence-corrected chi connectivity index (χ0v) is 20.2. The molecule has 4 aromatic rings. The third kappa shape index (κ3) is 5.69. The van der Waals surface area contributed by atoms with Gasteiger partial charge in [-0.25, -0.2) is 13.4 Å². The summed E-state index contributed by atoms with van der Waals surface area (Å²) in [5.41, 5.74) is 5.06. The Morgan fingerprint density at radius 1 is 0.882 bits per heavy atom. The van der Waals surface area contributed by atoms with Gasteiger partial charge in [0.2, 0.25) is 5.91 Å². The van der Waals surface area contributed by atoms with Gasteiger partial charge in [0.05, 0.1) is 29.4 Å². The summed E-state index contributed by atoms with van der Waals surface area (Å²) in [5, 5.41) is 3.96. The molecule has 174 valence electrons. The number of fused-ring (bicyclic) bond motifs is 1. The van der Waals surface area contributed by atoms with Gasteiger partial charge in [0, 0.05) is 17.2 Å². The minimum Gasteiger partial charge on any atom is -0.349 e. The Hall–Kier alpha value is -3.51. The Kier molecular flexibility index (Phi) is 7.08. The number of nitrogens with zero attached hydrogens (tertiary/aromatic N) is 1. The number of sulfone groups is 1. The lowest BCUT2D eigenvalue weighted by Crippen LogP contribution is -2.28. The molecule has 1 amide bonds. The highest BCUT2D eigenvalue weighted by Crippen LogP contribution is 2.31. The molecule has 4 rings (SSSR count). The minimum absolute atomic E-state index is 0.0120. The van der Waals surface area contributed by atoms with Crippen LogP contribution in [0.5, 0.6) is 0 Å². The van der Waals surface area contributed by atoms with Crippen molar-refractivity contribution in [2.75, 3.05) is 12.0 Å². The first-order valence-corrected chi connectivity index (χ1v) is 13.4. The van der Waals surface area contributed by atoms with Crippen molar-refractivity contribution in [2.45, 2.75) is 25.8 Å². The molecule has 1 heterocycles. The summed E-state index contributed by atoms with van der Waals surface area (Å²) in [5.74, 6) is -0.130. The number of benzene rings is 3. The number of carbonyl (C=O) groups is 1. The Morgan fingerprint density at radius 2 is 1.50 bits per heavy atom. The van der Waals surface area contributed by atoms with Crippen LogP contribution in [0.3, 0.4) is 0 Å². The molecule has 34 heavy (non-hydrogen) atoms. The van der Waals surface area contributed by atoms with E-state index in [0.29, 0.717) is 0 Å². The van der Waals surface area contributed by atoms with E-state index in [-0.39, 0.29) is 30.5 Å². The average Bonchev–Trinajstić information content (AvgIpc) is 2.83. The van der Waals surface area contributed by atoms with E-state index in [1.165, 1.54) is 6.26 Å². The van der Waals surface area contributed by atoms with Crippen molar-refractivity contribution < 1.29 is 13.2 Å². The number of rotatable bonds is 8. The third-order valence-electron chi connectivity index (χ3n) is 5.90. The van der Waals surface area contributed by atoms with Gasteiger partial charge in [-0.3, -0.25) is 4.79 Å². The second kappa shape index (κ2) is 10.2. The standard InChI is InChI=1S/C28H28N2O3S/c1-20(21-11-5-3-6-12-21)29-27(31)19-25-23-15-9-10-16-26(23)30-28(22-13-7-4-8-14-22)24(25)17-18-34(2,32)33/h3-16,20H,17-19H2,1-2H3,(H,29,31). The Labute approximate surface area is 200 Å². The smallest absolute Gasteiger partial charge is 0.224 e. The number of pyridine rings is 1. The summed E-state index contributed by atoms with van der Waals surface area (Å²) in [6.07, 6.45) is 1.66. The number of hydrogen-bond donors (Lipinski definition) is 1. The molecular formula is C28H28N2O3S. The fourth-order valence-electron chi connectivity index (χ4n) is 4.19. The molecule has 1 unspecified atom stereocenters. The fraction of sp³-hybridized carbons (Fsp3) is 0.214. The van der Waals surface area contributed by atoms with Gasteiger partial charge in [0.25, 0.3) is 0 Å². The first-order chi connectivity index (χ1) is 16.3. The molecule has 1 aromatic heterocycles. The SMILES string of the molecule is CC(NC(=O)Cc1c(CCS(C)(=O)=O)c(-c2ccccc2)nc2ccccc12)c1ccccc1. The number of para-hydroxylation sites is 1. The lowest BCUT2D eigenvalue weighted by atomic mass is 9.93. The highest BCUT2D eigenvalue weighted by molar-refractivity contribution is 7.90. The molecule has 0 aliphatic heterocycles. The number of hydrogen-bond acceptors (Lipinski definition) is 4. The van der Waals surface area contributed by atoms with Gasteiger partial charge in [-0.1, -0.05) is 78.9 Å². The number of nitrogens with one attached hydrogen (secondary N) is 1. The molecule has 1 atom stereocenters. The lowest BCUT2D eigenvalue weighted by Gasteiger charge is -2.19. The van der Waals surface area contributed by atoms with Crippen molar-refractivity contribution in [3.05, 3.63) is 102 Å². The maximum atomic E-state index is 13.2. The number of amides is 1. The average molecular weight is 473 g/mol. The van der Waals surface area contributed by atoms with Crippen LogP contribution in [0, 0.1) is 0 Å². The molecule has 0 bridgehead atoms. The molecule has 0 saturated carbocycles. The van der Waals surface area contributed by atoms with Gasteiger partial charge in [-0.2, -0.15) is 0 Å². The summed E-state index contributed by atoms with van der Waals surface area (Å²) < 4.78 is 24.1.